The molecule has 0 unspecified atom stereocenters. The molecule has 0 aliphatic rings. The molecule has 90 valence electrons. The van der Waals surface area contributed by atoms with Crippen molar-refractivity contribution in [3.63, 3.8) is 0 Å². The molecular weight excluding hydrogens is 214 g/mol. The number of fused-ring (bicyclic) bond motifs is 1. The maximum atomic E-state index is 11.8. The van der Waals surface area contributed by atoms with Crippen LogP contribution in [-0.2, 0) is 6.54 Å². The highest BCUT2D eigenvalue weighted by Gasteiger charge is 2.06. The molecule has 1 heterocycles. The molecule has 2 rings (SSSR count). The van der Waals surface area contributed by atoms with Crippen molar-refractivity contribution in [3.8, 4) is 0 Å². The lowest BCUT2D eigenvalue weighted by Gasteiger charge is -2.07. The second-order valence-electron chi connectivity index (χ2n) is 4.36. The first-order chi connectivity index (χ1) is 8.20. The first-order valence-corrected chi connectivity index (χ1v) is 6.02. The van der Waals surface area contributed by atoms with Crippen LogP contribution < -0.4 is 10.9 Å². The van der Waals surface area contributed by atoms with Crippen LogP contribution >= 0.6 is 0 Å². The summed E-state index contributed by atoms with van der Waals surface area (Å²) in [6.45, 7) is 5.03. The number of aromatic amines is 1. The number of quaternary nitrogens is 1. The fourth-order valence-electron chi connectivity index (χ4n) is 1.71. The first-order valence-electron chi connectivity index (χ1n) is 6.02. The van der Waals surface area contributed by atoms with Crippen LogP contribution in [0.2, 0.25) is 0 Å². The van der Waals surface area contributed by atoms with Crippen molar-refractivity contribution in [2.75, 3.05) is 0 Å². The van der Waals surface area contributed by atoms with Crippen LogP contribution in [0.15, 0.2) is 29.1 Å². The summed E-state index contributed by atoms with van der Waals surface area (Å²) in [6.07, 6.45) is 1.11. The topological polar surface area (TPSA) is 62.4 Å². The minimum Gasteiger partial charge on any atom is -0.338 e. The molecule has 2 aromatic rings. The van der Waals surface area contributed by atoms with Gasteiger partial charge in [-0.1, -0.05) is 19.1 Å². The smallest absolute Gasteiger partial charge is 0.258 e. The van der Waals surface area contributed by atoms with E-state index in [1.54, 1.807) is 6.07 Å². The van der Waals surface area contributed by atoms with E-state index in [0.29, 0.717) is 11.4 Å². The van der Waals surface area contributed by atoms with E-state index < -0.39 is 0 Å². The third kappa shape index (κ3) is 2.71. The summed E-state index contributed by atoms with van der Waals surface area (Å²) in [5, 5.41) is 2.84. The SMILES string of the molecule is CC[C@@H](C)[NH2+]Cc1nc2ccccc2c(=O)[nH]1. The van der Waals surface area contributed by atoms with Crippen LogP contribution in [0.3, 0.4) is 0 Å². The van der Waals surface area contributed by atoms with Crippen molar-refractivity contribution in [2.45, 2.75) is 32.9 Å². The molecular formula is C13H18N3O+. The van der Waals surface area contributed by atoms with Gasteiger partial charge in [0.25, 0.3) is 5.56 Å². The fraction of sp³-hybridized carbons (Fsp3) is 0.385. The van der Waals surface area contributed by atoms with Crippen LogP contribution in [0, 0.1) is 0 Å². The molecule has 17 heavy (non-hydrogen) atoms. The van der Waals surface area contributed by atoms with E-state index in [9.17, 15) is 4.79 Å². The number of hydrogen-bond donors (Lipinski definition) is 2. The predicted molar refractivity (Wildman–Crippen MR) is 67.7 cm³/mol. The third-order valence-corrected chi connectivity index (χ3v) is 3.02. The number of para-hydroxylation sites is 1. The first kappa shape index (κ1) is 11.8. The van der Waals surface area contributed by atoms with E-state index in [4.69, 9.17) is 0 Å². The lowest BCUT2D eigenvalue weighted by atomic mass is 10.2. The largest absolute Gasteiger partial charge is 0.338 e. The average molecular weight is 232 g/mol. The van der Waals surface area contributed by atoms with Crippen molar-refractivity contribution in [1.82, 2.24) is 9.97 Å². The Morgan fingerprint density at radius 2 is 2.18 bits per heavy atom. The predicted octanol–water partition coefficient (Wildman–Crippen LogP) is 0.785. The Bertz CT molecular complexity index is 562. The van der Waals surface area contributed by atoms with Gasteiger partial charge >= 0.3 is 0 Å². The summed E-state index contributed by atoms with van der Waals surface area (Å²) in [4.78, 5) is 19.1. The standard InChI is InChI=1S/C13H17N3O/c1-3-9(2)14-8-12-15-11-7-5-4-6-10(11)13(17)16-12/h4-7,9,14H,3,8H2,1-2H3,(H,15,16,17)/p+1/t9-/m1/s1. The number of nitrogens with one attached hydrogen (secondary N) is 1. The van der Waals surface area contributed by atoms with Gasteiger partial charge in [-0.2, -0.15) is 0 Å². The molecule has 3 N–H and O–H groups in total. The van der Waals surface area contributed by atoms with Gasteiger partial charge in [0, 0.05) is 0 Å². The summed E-state index contributed by atoms with van der Waals surface area (Å²) in [5.74, 6) is 0.744. The zero-order valence-corrected chi connectivity index (χ0v) is 10.2. The van der Waals surface area contributed by atoms with Gasteiger partial charge < -0.3 is 10.3 Å². The monoisotopic (exact) mass is 232 g/mol. The molecule has 1 aromatic carbocycles. The van der Waals surface area contributed by atoms with Gasteiger partial charge in [-0.3, -0.25) is 4.79 Å². The quantitative estimate of drug-likeness (QED) is 0.818. The number of nitrogens with zero attached hydrogens (tertiary/aromatic N) is 1. The average Bonchev–Trinajstić information content (AvgIpc) is 2.36. The second kappa shape index (κ2) is 5.10. The minimum atomic E-state index is -0.0526. The number of rotatable bonds is 4. The highest BCUT2D eigenvalue weighted by molar-refractivity contribution is 5.77. The Balaban J connectivity index is 2.28. The molecule has 0 amide bonds. The summed E-state index contributed by atoms with van der Waals surface area (Å²) >= 11 is 0. The Labute approximate surface area is 100 Å². The lowest BCUT2D eigenvalue weighted by Crippen LogP contribution is -2.87. The number of H-pyrrole nitrogens is 1. The van der Waals surface area contributed by atoms with E-state index in [-0.39, 0.29) is 5.56 Å². The molecule has 4 heteroatoms. The van der Waals surface area contributed by atoms with Gasteiger partial charge in [0.2, 0.25) is 0 Å². The Kier molecular flexibility index (Phi) is 3.54. The van der Waals surface area contributed by atoms with Gasteiger partial charge in [0.05, 0.1) is 16.9 Å². The van der Waals surface area contributed by atoms with Crippen molar-refractivity contribution in [3.05, 3.63) is 40.4 Å². The molecule has 1 aromatic heterocycles. The molecule has 0 aliphatic heterocycles. The fourth-order valence-corrected chi connectivity index (χ4v) is 1.71. The maximum absolute atomic E-state index is 11.8. The number of nitrogens with two attached hydrogens (primary N) is 1. The number of hydrogen-bond acceptors (Lipinski definition) is 2. The van der Waals surface area contributed by atoms with E-state index in [0.717, 1.165) is 24.3 Å². The normalized spacial score (nSPS) is 12.8. The van der Waals surface area contributed by atoms with Crippen LogP contribution in [0.1, 0.15) is 26.1 Å². The van der Waals surface area contributed by atoms with Gasteiger partial charge in [-0.05, 0) is 25.5 Å². The van der Waals surface area contributed by atoms with Gasteiger partial charge in [-0.25, -0.2) is 4.98 Å². The third-order valence-electron chi connectivity index (χ3n) is 3.02. The summed E-state index contributed by atoms with van der Waals surface area (Å²) in [5.41, 5.74) is 0.715. The van der Waals surface area contributed by atoms with Crippen molar-refractivity contribution in [1.29, 1.82) is 0 Å². The maximum Gasteiger partial charge on any atom is 0.258 e. The second-order valence-corrected chi connectivity index (χ2v) is 4.36. The minimum absolute atomic E-state index is 0.0526. The number of aromatic nitrogens is 2. The van der Waals surface area contributed by atoms with E-state index in [1.807, 2.05) is 18.2 Å². The van der Waals surface area contributed by atoms with Crippen LogP contribution in [0.5, 0.6) is 0 Å². The molecule has 0 saturated carbocycles. The van der Waals surface area contributed by atoms with Gasteiger partial charge in [0.1, 0.15) is 6.54 Å². The van der Waals surface area contributed by atoms with Crippen LogP contribution in [0.25, 0.3) is 10.9 Å². The molecule has 4 nitrogen and oxygen atoms in total. The zero-order valence-electron chi connectivity index (χ0n) is 10.2. The van der Waals surface area contributed by atoms with E-state index in [1.165, 1.54) is 0 Å². The molecule has 0 bridgehead atoms. The summed E-state index contributed by atoms with van der Waals surface area (Å²) in [6, 6.07) is 7.97. The Hall–Kier alpha value is -1.68. The van der Waals surface area contributed by atoms with Crippen molar-refractivity contribution in [2.24, 2.45) is 0 Å². The van der Waals surface area contributed by atoms with E-state index in [2.05, 4.69) is 29.1 Å². The molecule has 0 radical (unpaired) electrons. The van der Waals surface area contributed by atoms with Gasteiger partial charge in [-0.15, -0.1) is 0 Å². The lowest BCUT2D eigenvalue weighted by molar-refractivity contribution is -0.702. The molecule has 0 saturated heterocycles. The van der Waals surface area contributed by atoms with E-state index >= 15 is 0 Å². The molecule has 0 spiro atoms. The Morgan fingerprint density at radius 3 is 2.94 bits per heavy atom. The Morgan fingerprint density at radius 1 is 1.41 bits per heavy atom. The van der Waals surface area contributed by atoms with Crippen LogP contribution in [0.4, 0.5) is 0 Å². The van der Waals surface area contributed by atoms with Crippen molar-refractivity contribution < 1.29 is 5.32 Å². The highest BCUT2D eigenvalue weighted by atomic mass is 16.1. The summed E-state index contributed by atoms with van der Waals surface area (Å²) < 4.78 is 0. The molecule has 0 fully saturated rings. The summed E-state index contributed by atoms with van der Waals surface area (Å²) in [7, 11) is 0. The molecule has 1 atom stereocenters. The number of benzene rings is 1. The van der Waals surface area contributed by atoms with Crippen molar-refractivity contribution >= 4 is 10.9 Å². The highest BCUT2D eigenvalue weighted by Crippen LogP contribution is 2.04. The van der Waals surface area contributed by atoms with Crippen LogP contribution in [-0.4, -0.2) is 16.0 Å². The zero-order chi connectivity index (χ0) is 12.3. The molecule has 0 aliphatic carbocycles. The van der Waals surface area contributed by atoms with Gasteiger partial charge in [0.15, 0.2) is 5.82 Å².